The highest BCUT2D eigenvalue weighted by Gasteiger charge is 2.16. The Morgan fingerprint density at radius 2 is 1.92 bits per heavy atom. The first-order valence-corrected chi connectivity index (χ1v) is 5.66. The Hall–Kier alpha value is -0.0800. The topological polar surface area (TPSA) is 6.48 Å². The van der Waals surface area contributed by atoms with Gasteiger partial charge in [-0.25, -0.2) is 0 Å². The van der Waals surface area contributed by atoms with E-state index in [0.717, 1.165) is 6.04 Å². The second-order valence-electron chi connectivity index (χ2n) is 4.33. The third-order valence-corrected chi connectivity index (χ3v) is 3.08. The van der Waals surface area contributed by atoms with Crippen LogP contribution in [-0.4, -0.2) is 49.1 Å². The first-order chi connectivity index (χ1) is 6.24. The molecule has 2 nitrogen and oxygen atoms in total. The molecule has 0 spiro atoms. The lowest BCUT2D eigenvalue weighted by Crippen LogP contribution is -2.36. The Morgan fingerprint density at radius 3 is 2.62 bits per heavy atom. The monoisotopic (exact) mass is 184 g/mol. The molecular formula is C11H24N2. The zero-order valence-electron chi connectivity index (χ0n) is 9.42. The highest BCUT2D eigenvalue weighted by atomic mass is 15.2. The van der Waals surface area contributed by atoms with E-state index in [1.807, 2.05) is 0 Å². The highest BCUT2D eigenvalue weighted by Crippen LogP contribution is 2.09. The molecule has 0 aromatic rings. The molecule has 0 N–H and O–H groups in total. The van der Waals surface area contributed by atoms with Crippen molar-refractivity contribution in [3.63, 3.8) is 0 Å². The number of hydrogen-bond donors (Lipinski definition) is 0. The van der Waals surface area contributed by atoms with Gasteiger partial charge < -0.3 is 4.90 Å². The van der Waals surface area contributed by atoms with E-state index in [4.69, 9.17) is 0 Å². The van der Waals surface area contributed by atoms with Gasteiger partial charge in [0.15, 0.2) is 0 Å². The fraction of sp³-hybridized carbons (Fsp3) is 1.00. The van der Waals surface area contributed by atoms with Gasteiger partial charge in [-0.3, -0.25) is 4.90 Å². The molecule has 1 rings (SSSR count). The van der Waals surface area contributed by atoms with Crippen LogP contribution in [0.15, 0.2) is 0 Å². The second kappa shape index (κ2) is 5.61. The zero-order chi connectivity index (χ0) is 9.68. The number of likely N-dealkylation sites (N-methyl/N-ethyl adjacent to an activating group) is 1. The molecule has 2 heteroatoms. The van der Waals surface area contributed by atoms with E-state index in [1.165, 1.54) is 45.4 Å². The van der Waals surface area contributed by atoms with Crippen LogP contribution in [0.3, 0.4) is 0 Å². The standard InChI is InChI=1S/C11H24N2/c1-4-6-11(2)13-8-5-7-12(3)9-10-13/h11H,4-10H2,1-3H3. The summed E-state index contributed by atoms with van der Waals surface area (Å²) in [4.78, 5) is 5.09. The molecule has 0 aromatic carbocycles. The number of hydrogen-bond acceptors (Lipinski definition) is 2. The fourth-order valence-corrected chi connectivity index (χ4v) is 2.11. The Bertz CT molecular complexity index is 136. The maximum Gasteiger partial charge on any atom is 0.0112 e. The van der Waals surface area contributed by atoms with Gasteiger partial charge in [0.2, 0.25) is 0 Å². The van der Waals surface area contributed by atoms with E-state index >= 15 is 0 Å². The van der Waals surface area contributed by atoms with Gasteiger partial charge in [-0.2, -0.15) is 0 Å². The second-order valence-corrected chi connectivity index (χ2v) is 4.33. The van der Waals surface area contributed by atoms with Crippen LogP contribution in [0.25, 0.3) is 0 Å². The lowest BCUT2D eigenvalue weighted by molar-refractivity contribution is 0.205. The Morgan fingerprint density at radius 1 is 1.15 bits per heavy atom. The van der Waals surface area contributed by atoms with Gasteiger partial charge in [0.05, 0.1) is 0 Å². The normalized spacial score (nSPS) is 24.2. The van der Waals surface area contributed by atoms with E-state index in [2.05, 4.69) is 30.7 Å². The van der Waals surface area contributed by atoms with Crippen molar-refractivity contribution in [1.29, 1.82) is 0 Å². The molecule has 0 aromatic heterocycles. The van der Waals surface area contributed by atoms with Gasteiger partial charge in [0.25, 0.3) is 0 Å². The van der Waals surface area contributed by atoms with Gasteiger partial charge in [0.1, 0.15) is 0 Å². The lowest BCUT2D eigenvalue weighted by Gasteiger charge is -2.27. The average Bonchev–Trinajstić information content (AvgIpc) is 2.30. The molecule has 1 fully saturated rings. The van der Waals surface area contributed by atoms with Crippen molar-refractivity contribution in [2.24, 2.45) is 0 Å². The molecule has 13 heavy (non-hydrogen) atoms. The van der Waals surface area contributed by atoms with Crippen LogP contribution in [0.1, 0.15) is 33.1 Å². The minimum Gasteiger partial charge on any atom is -0.305 e. The SMILES string of the molecule is CCCC(C)N1CCCN(C)CC1. The van der Waals surface area contributed by atoms with Crippen molar-refractivity contribution >= 4 is 0 Å². The summed E-state index contributed by atoms with van der Waals surface area (Å²) >= 11 is 0. The van der Waals surface area contributed by atoms with Gasteiger partial charge in [-0.1, -0.05) is 13.3 Å². The summed E-state index contributed by atoms with van der Waals surface area (Å²) in [5.74, 6) is 0. The predicted molar refractivity (Wildman–Crippen MR) is 58.1 cm³/mol. The van der Waals surface area contributed by atoms with Crippen molar-refractivity contribution in [3.8, 4) is 0 Å². The predicted octanol–water partition coefficient (Wildman–Crippen LogP) is 1.81. The molecule has 0 amide bonds. The molecular weight excluding hydrogens is 160 g/mol. The molecule has 0 bridgehead atoms. The van der Waals surface area contributed by atoms with E-state index in [9.17, 15) is 0 Å². The third-order valence-electron chi connectivity index (χ3n) is 3.08. The van der Waals surface area contributed by atoms with Crippen molar-refractivity contribution in [2.75, 3.05) is 33.2 Å². The van der Waals surface area contributed by atoms with Crippen molar-refractivity contribution < 1.29 is 0 Å². The molecule has 1 aliphatic rings. The quantitative estimate of drug-likeness (QED) is 0.660. The smallest absolute Gasteiger partial charge is 0.0112 e. The first kappa shape index (κ1) is 11.0. The average molecular weight is 184 g/mol. The van der Waals surface area contributed by atoms with Crippen molar-refractivity contribution in [1.82, 2.24) is 9.80 Å². The van der Waals surface area contributed by atoms with E-state index in [0.29, 0.717) is 0 Å². The van der Waals surface area contributed by atoms with Crippen LogP contribution in [0.5, 0.6) is 0 Å². The third kappa shape index (κ3) is 3.65. The molecule has 1 unspecified atom stereocenters. The minimum atomic E-state index is 0.788. The molecule has 1 atom stereocenters. The molecule has 0 radical (unpaired) electrons. The van der Waals surface area contributed by atoms with Gasteiger partial charge in [-0.05, 0) is 39.9 Å². The van der Waals surface area contributed by atoms with Crippen LogP contribution < -0.4 is 0 Å². The highest BCUT2D eigenvalue weighted by molar-refractivity contribution is 4.72. The Labute approximate surface area is 82.9 Å². The largest absolute Gasteiger partial charge is 0.305 e. The summed E-state index contributed by atoms with van der Waals surface area (Å²) in [7, 11) is 2.23. The summed E-state index contributed by atoms with van der Waals surface area (Å²) < 4.78 is 0. The maximum absolute atomic E-state index is 2.65. The summed E-state index contributed by atoms with van der Waals surface area (Å²) in [6.07, 6.45) is 4.00. The molecule has 1 heterocycles. The van der Waals surface area contributed by atoms with E-state index < -0.39 is 0 Å². The van der Waals surface area contributed by atoms with Crippen LogP contribution in [0, 0.1) is 0 Å². The summed E-state index contributed by atoms with van der Waals surface area (Å²) in [5, 5.41) is 0. The molecule has 0 saturated carbocycles. The molecule has 78 valence electrons. The first-order valence-electron chi connectivity index (χ1n) is 5.66. The maximum atomic E-state index is 2.65. The number of nitrogens with zero attached hydrogens (tertiary/aromatic N) is 2. The van der Waals surface area contributed by atoms with Crippen LogP contribution >= 0.6 is 0 Å². The summed E-state index contributed by atoms with van der Waals surface area (Å²) in [6, 6.07) is 0.788. The van der Waals surface area contributed by atoms with Gasteiger partial charge in [-0.15, -0.1) is 0 Å². The fourth-order valence-electron chi connectivity index (χ4n) is 2.11. The van der Waals surface area contributed by atoms with Gasteiger partial charge in [0, 0.05) is 19.1 Å². The van der Waals surface area contributed by atoms with E-state index in [1.54, 1.807) is 0 Å². The van der Waals surface area contributed by atoms with Gasteiger partial charge >= 0.3 is 0 Å². The lowest BCUT2D eigenvalue weighted by atomic mass is 10.1. The Kier molecular flexibility index (Phi) is 4.74. The molecule has 1 saturated heterocycles. The molecule has 1 aliphatic heterocycles. The summed E-state index contributed by atoms with van der Waals surface area (Å²) in [5.41, 5.74) is 0. The van der Waals surface area contributed by atoms with Crippen LogP contribution in [0.4, 0.5) is 0 Å². The van der Waals surface area contributed by atoms with Crippen molar-refractivity contribution in [2.45, 2.75) is 39.2 Å². The Balaban J connectivity index is 2.32. The summed E-state index contributed by atoms with van der Waals surface area (Å²) in [6.45, 7) is 9.72. The zero-order valence-corrected chi connectivity index (χ0v) is 9.42. The van der Waals surface area contributed by atoms with Crippen LogP contribution in [0.2, 0.25) is 0 Å². The molecule has 0 aliphatic carbocycles. The van der Waals surface area contributed by atoms with Crippen molar-refractivity contribution in [3.05, 3.63) is 0 Å². The van der Waals surface area contributed by atoms with Crippen LogP contribution in [-0.2, 0) is 0 Å². The van der Waals surface area contributed by atoms with E-state index in [-0.39, 0.29) is 0 Å². The number of rotatable bonds is 3. The minimum absolute atomic E-state index is 0.788.